The van der Waals surface area contributed by atoms with E-state index in [1.54, 1.807) is 6.92 Å². The number of nitrogens with one attached hydrogen (secondary N) is 1. The van der Waals surface area contributed by atoms with Crippen LogP contribution in [0.5, 0.6) is 5.75 Å². The molecular formula is C18H19NO2. The van der Waals surface area contributed by atoms with Crippen LogP contribution in [0.1, 0.15) is 24.5 Å². The van der Waals surface area contributed by atoms with Crippen LogP contribution in [-0.2, 0) is 17.6 Å². The highest BCUT2D eigenvalue weighted by molar-refractivity contribution is 5.94. The van der Waals surface area contributed by atoms with E-state index in [4.69, 9.17) is 4.74 Å². The monoisotopic (exact) mass is 281 g/mol. The number of rotatable bonds is 4. The Hall–Kier alpha value is -2.29. The van der Waals surface area contributed by atoms with Crippen LogP contribution in [-0.4, -0.2) is 12.0 Å². The van der Waals surface area contributed by atoms with Gasteiger partial charge in [0, 0.05) is 5.69 Å². The number of aryl methyl sites for hydroxylation is 2. The van der Waals surface area contributed by atoms with E-state index in [1.807, 2.05) is 36.4 Å². The summed E-state index contributed by atoms with van der Waals surface area (Å²) < 4.78 is 5.63. The van der Waals surface area contributed by atoms with Gasteiger partial charge < -0.3 is 10.1 Å². The third-order valence-corrected chi connectivity index (χ3v) is 3.79. The summed E-state index contributed by atoms with van der Waals surface area (Å²) in [4.78, 5) is 12.2. The van der Waals surface area contributed by atoms with Crippen LogP contribution >= 0.6 is 0 Å². The summed E-state index contributed by atoms with van der Waals surface area (Å²) in [5, 5.41) is 2.93. The van der Waals surface area contributed by atoms with Crippen LogP contribution in [0.25, 0.3) is 0 Å². The Morgan fingerprint density at radius 2 is 1.86 bits per heavy atom. The summed E-state index contributed by atoms with van der Waals surface area (Å²) >= 11 is 0. The third kappa shape index (κ3) is 3.24. The molecule has 0 unspecified atom stereocenters. The number of carbonyl (C=O) groups excluding carboxylic acids is 1. The minimum Gasteiger partial charge on any atom is -0.481 e. The zero-order valence-corrected chi connectivity index (χ0v) is 12.1. The van der Waals surface area contributed by atoms with Crippen LogP contribution < -0.4 is 10.1 Å². The Bertz CT molecular complexity index is 637. The second-order valence-electron chi connectivity index (χ2n) is 5.40. The van der Waals surface area contributed by atoms with Crippen molar-refractivity contribution in [2.24, 2.45) is 0 Å². The van der Waals surface area contributed by atoms with Crippen molar-refractivity contribution >= 4 is 11.6 Å². The topological polar surface area (TPSA) is 38.3 Å². The second-order valence-corrected chi connectivity index (χ2v) is 5.40. The molecular weight excluding hydrogens is 262 g/mol. The van der Waals surface area contributed by atoms with Gasteiger partial charge in [-0.3, -0.25) is 4.79 Å². The number of hydrogen-bond donors (Lipinski definition) is 1. The zero-order valence-electron chi connectivity index (χ0n) is 12.1. The van der Waals surface area contributed by atoms with Gasteiger partial charge >= 0.3 is 0 Å². The number of anilines is 1. The van der Waals surface area contributed by atoms with Crippen molar-refractivity contribution in [3.8, 4) is 5.75 Å². The Labute approximate surface area is 124 Å². The number of ether oxygens (including phenoxy) is 1. The number of hydrogen-bond acceptors (Lipinski definition) is 2. The van der Waals surface area contributed by atoms with E-state index < -0.39 is 6.10 Å². The quantitative estimate of drug-likeness (QED) is 0.930. The lowest BCUT2D eigenvalue weighted by Crippen LogP contribution is -2.30. The first-order valence-electron chi connectivity index (χ1n) is 7.37. The van der Waals surface area contributed by atoms with Gasteiger partial charge in [0.2, 0.25) is 0 Å². The van der Waals surface area contributed by atoms with Crippen molar-refractivity contribution in [3.05, 3.63) is 59.7 Å². The van der Waals surface area contributed by atoms with E-state index in [-0.39, 0.29) is 5.91 Å². The van der Waals surface area contributed by atoms with E-state index in [2.05, 4.69) is 17.4 Å². The number of carbonyl (C=O) groups is 1. The summed E-state index contributed by atoms with van der Waals surface area (Å²) in [6.45, 7) is 1.76. The maximum Gasteiger partial charge on any atom is 0.265 e. The van der Waals surface area contributed by atoms with E-state index >= 15 is 0 Å². The number of amides is 1. The minimum absolute atomic E-state index is 0.128. The van der Waals surface area contributed by atoms with Crippen LogP contribution in [0.3, 0.4) is 0 Å². The van der Waals surface area contributed by atoms with Gasteiger partial charge in [-0.05, 0) is 61.6 Å². The molecule has 0 aliphatic heterocycles. The van der Waals surface area contributed by atoms with Crippen molar-refractivity contribution in [2.45, 2.75) is 32.3 Å². The first-order chi connectivity index (χ1) is 10.2. The van der Waals surface area contributed by atoms with Crippen LogP contribution in [0.4, 0.5) is 5.69 Å². The molecule has 0 saturated heterocycles. The fourth-order valence-electron chi connectivity index (χ4n) is 2.65. The minimum atomic E-state index is -0.527. The highest BCUT2D eigenvalue weighted by atomic mass is 16.5. The van der Waals surface area contributed by atoms with Gasteiger partial charge in [-0.2, -0.15) is 0 Å². The lowest BCUT2D eigenvalue weighted by molar-refractivity contribution is -0.122. The molecule has 108 valence electrons. The fourth-order valence-corrected chi connectivity index (χ4v) is 2.65. The largest absolute Gasteiger partial charge is 0.481 e. The predicted molar refractivity (Wildman–Crippen MR) is 83.6 cm³/mol. The summed E-state index contributed by atoms with van der Waals surface area (Å²) in [5.74, 6) is 0.575. The fraction of sp³-hybridized carbons (Fsp3) is 0.278. The molecule has 2 aromatic carbocycles. The average Bonchev–Trinajstić information content (AvgIpc) is 2.95. The van der Waals surface area contributed by atoms with E-state index in [0.717, 1.165) is 18.5 Å². The summed E-state index contributed by atoms with van der Waals surface area (Å²) in [6, 6.07) is 15.6. The molecule has 3 heteroatoms. The van der Waals surface area contributed by atoms with Gasteiger partial charge in [0.1, 0.15) is 5.75 Å². The summed E-state index contributed by atoms with van der Waals surface area (Å²) in [5.41, 5.74) is 3.61. The number of para-hydroxylation sites is 1. The predicted octanol–water partition coefficient (Wildman–Crippen LogP) is 3.58. The Morgan fingerprint density at radius 1 is 1.10 bits per heavy atom. The third-order valence-electron chi connectivity index (χ3n) is 3.79. The van der Waals surface area contributed by atoms with Crippen molar-refractivity contribution < 1.29 is 9.53 Å². The van der Waals surface area contributed by atoms with Crippen molar-refractivity contribution in [1.29, 1.82) is 0 Å². The molecule has 0 bridgehead atoms. The standard InChI is InChI=1S/C18H19NO2/c1-13(21-17-8-3-2-4-9-17)18(20)19-16-11-10-14-6-5-7-15(14)12-16/h2-4,8-13H,5-7H2,1H3,(H,19,20)/t13-/m0/s1. The van der Waals surface area contributed by atoms with Gasteiger partial charge in [-0.25, -0.2) is 0 Å². The molecule has 3 nitrogen and oxygen atoms in total. The van der Waals surface area contributed by atoms with E-state index in [1.165, 1.54) is 17.5 Å². The molecule has 2 aromatic rings. The van der Waals surface area contributed by atoms with Crippen molar-refractivity contribution in [3.63, 3.8) is 0 Å². The molecule has 1 aliphatic carbocycles. The Morgan fingerprint density at radius 3 is 2.67 bits per heavy atom. The van der Waals surface area contributed by atoms with Crippen LogP contribution in [0.2, 0.25) is 0 Å². The SMILES string of the molecule is C[C@H](Oc1ccccc1)C(=O)Nc1ccc2c(c1)CCC2. The molecule has 1 aliphatic rings. The first kappa shape index (κ1) is 13.7. The highest BCUT2D eigenvalue weighted by Crippen LogP contribution is 2.25. The number of fused-ring (bicyclic) bond motifs is 1. The normalized spacial score (nSPS) is 14.3. The molecule has 0 spiro atoms. The molecule has 21 heavy (non-hydrogen) atoms. The maximum absolute atomic E-state index is 12.2. The van der Waals surface area contributed by atoms with Crippen LogP contribution in [0, 0.1) is 0 Å². The smallest absolute Gasteiger partial charge is 0.265 e. The van der Waals surface area contributed by atoms with Gasteiger partial charge in [-0.1, -0.05) is 24.3 Å². The van der Waals surface area contributed by atoms with Gasteiger partial charge in [-0.15, -0.1) is 0 Å². The summed E-state index contributed by atoms with van der Waals surface area (Å²) in [7, 11) is 0. The molecule has 1 atom stereocenters. The molecule has 0 aromatic heterocycles. The van der Waals surface area contributed by atoms with Crippen molar-refractivity contribution in [2.75, 3.05) is 5.32 Å². The second kappa shape index (κ2) is 6.00. The zero-order chi connectivity index (χ0) is 14.7. The van der Waals surface area contributed by atoms with Gasteiger partial charge in [0.25, 0.3) is 5.91 Å². The molecule has 3 rings (SSSR count). The summed E-state index contributed by atoms with van der Waals surface area (Å²) in [6.07, 6.45) is 2.94. The van der Waals surface area contributed by atoms with Crippen molar-refractivity contribution in [1.82, 2.24) is 0 Å². The lowest BCUT2D eigenvalue weighted by atomic mass is 10.1. The van der Waals surface area contributed by atoms with E-state index in [9.17, 15) is 4.79 Å². The molecule has 0 heterocycles. The number of benzene rings is 2. The maximum atomic E-state index is 12.2. The molecule has 1 amide bonds. The van der Waals surface area contributed by atoms with E-state index in [0.29, 0.717) is 5.75 Å². The molecule has 0 radical (unpaired) electrons. The average molecular weight is 281 g/mol. The first-order valence-corrected chi connectivity index (χ1v) is 7.37. The molecule has 0 fully saturated rings. The Balaban J connectivity index is 1.63. The highest BCUT2D eigenvalue weighted by Gasteiger charge is 2.16. The van der Waals surface area contributed by atoms with Crippen LogP contribution in [0.15, 0.2) is 48.5 Å². The molecule has 1 N–H and O–H groups in total. The van der Waals surface area contributed by atoms with Gasteiger partial charge in [0.15, 0.2) is 6.10 Å². The lowest BCUT2D eigenvalue weighted by Gasteiger charge is -2.15. The van der Waals surface area contributed by atoms with Gasteiger partial charge in [0.05, 0.1) is 0 Å². The Kier molecular flexibility index (Phi) is 3.91. The molecule has 0 saturated carbocycles.